The molecule has 1 aliphatic heterocycles. The molecule has 2 amide bonds. The van der Waals surface area contributed by atoms with Gasteiger partial charge in [-0.15, -0.1) is 0 Å². The molecule has 0 unspecified atom stereocenters. The van der Waals surface area contributed by atoms with Gasteiger partial charge in [-0.1, -0.05) is 43.3 Å². The number of hydrogen-bond acceptors (Lipinski definition) is 3. The van der Waals surface area contributed by atoms with Gasteiger partial charge in [0.1, 0.15) is 12.4 Å². The zero-order valence-electron chi connectivity index (χ0n) is 17.9. The van der Waals surface area contributed by atoms with Crippen LogP contribution in [0.5, 0.6) is 5.75 Å². The summed E-state index contributed by atoms with van der Waals surface area (Å²) >= 11 is 0. The topological polar surface area (TPSA) is 58.6 Å². The van der Waals surface area contributed by atoms with Crippen LogP contribution in [0.15, 0.2) is 66.7 Å². The molecule has 31 heavy (non-hydrogen) atoms. The Labute approximate surface area is 182 Å². The van der Waals surface area contributed by atoms with Gasteiger partial charge in [0.15, 0.2) is 0 Å². The van der Waals surface area contributed by atoms with E-state index in [1.807, 2.05) is 74.5 Å². The Hall–Kier alpha value is -3.60. The summed E-state index contributed by atoms with van der Waals surface area (Å²) in [7, 11) is 0. The SMILES string of the molecule is CCC(=O)N1CCc2cc(C(=O)Nc3ccc(C)cc3OCc3ccccc3)ccc21. The molecule has 0 aromatic heterocycles. The van der Waals surface area contributed by atoms with E-state index in [1.165, 1.54) is 0 Å². The molecule has 1 aliphatic rings. The lowest BCUT2D eigenvalue weighted by Crippen LogP contribution is -2.27. The Morgan fingerprint density at radius 2 is 1.84 bits per heavy atom. The molecule has 0 spiro atoms. The largest absolute Gasteiger partial charge is 0.487 e. The van der Waals surface area contributed by atoms with E-state index in [9.17, 15) is 9.59 Å². The molecule has 3 aromatic carbocycles. The third kappa shape index (κ3) is 4.61. The first-order valence-corrected chi connectivity index (χ1v) is 10.6. The zero-order chi connectivity index (χ0) is 21.8. The van der Waals surface area contributed by atoms with Gasteiger partial charge in [0.05, 0.1) is 5.69 Å². The highest BCUT2D eigenvalue weighted by atomic mass is 16.5. The molecule has 4 rings (SSSR count). The van der Waals surface area contributed by atoms with Crippen molar-refractivity contribution in [1.29, 1.82) is 0 Å². The van der Waals surface area contributed by atoms with Gasteiger partial charge < -0.3 is 15.0 Å². The predicted octanol–water partition coefficient (Wildman–Crippen LogP) is 5.13. The van der Waals surface area contributed by atoms with Gasteiger partial charge in [0, 0.05) is 24.2 Å². The van der Waals surface area contributed by atoms with E-state index in [1.54, 1.807) is 11.0 Å². The van der Waals surface area contributed by atoms with Crippen LogP contribution in [0.4, 0.5) is 11.4 Å². The number of ether oxygens (including phenoxy) is 1. The van der Waals surface area contributed by atoms with Crippen LogP contribution in [0.3, 0.4) is 0 Å². The van der Waals surface area contributed by atoms with Crippen molar-refractivity contribution in [3.05, 3.63) is 89.0 Å². The van der Waals surface area contributed by atoms with Crippen LogP contribution < -0.4 is 15.0 Å². The highest BCUT2D eigenvalue weighted by Crippen LogP contribution is 2.31. The number of nitrogens with zero attached hydrogens (tertiary/aromatic N) is 1. The highest BCUT2D eigenvalue weighted by Gasteiger charge is 2.24. The van der Waals surface area contributed by atoms with Crippen molar-refractivity contribution in [1.82, 2.24) is 0 Å². The molecule has 158 valence electrons. The normalized spacial score (nSPS) is 12.4. The van der Waals surface area contributed by atoms with Gasteiger partial charge >= 0.3 is 0 Å². The number of carbonyl (C=O) groups excluding carboxylic acids is 2. The van der Waals surface area contributed by atoms with E-state index in [2.05, 4.69) is 5.32 Å². The minimum atomic E-state index is -0.198. The van der Waals surface area contributed by atoms with E-state index in [4.69, 9.17) is 4.74 Å². The number of anilines is 2. The first-order chi connectivity index (χ1) is 15.0. The van der Waals surface area contributed by atoms with E-state index in [-0.39, 0.29) is 11.8 Å². The van der Waals surface area contributed by atoms with Crippen molar-refractivity contribution in [2.24, 2.45) is 0 Å². The second-order valence-corrected chi connectivity index (χ2v) is 7.72. The molecule has 0 saturated heterocycles. The Morgan fingerprint density at radius 3 is 2.61 bits per heavy atom. The molecule has 0 bridgehead atoms. The van der Waals surface area contributed by atoms with Crippen molar-refractivity contribution in [3.63, 3.8) is 0 Å². The molecular weight excluding hydrogens is 388 g/mol. The molecular formula is C26H26N2O3. The fourth-order valence-corrected chi connectivity index (χ4v) is 3.77. The summed E-state index contributed by atoms with van der Waals surface area (Å²) < 4.78 is 6.01. The van der Waals surface area contributed by atoms with Crippen molar-refractivity contribution < 1.29 is 14.3 Å². The van der Waals surface area contributed by atoms with Gasteiger partial charge in [0.25, 0.3) is 5.91 Å². The molecule has 1 heterocycles. The Kier molecular flexibility index (Phi) is 6.03. The van der Waals surface area contributed by atoms with Gasteiger partial charge in [-0.3, -0.25) is 9.59 Å². The Balaban J connectivity index is 1.51. The molecule has 5 nitrogen and oxygen atoms in total. The summed E-state index contributed by atoms with van der Waals surface area (Å²) in [6.45, 7) is 4.95. The summed E-state index contributed by atoms with van der Waals surface area (Å²) in [5.74, 6) is 0.547. The zero-order valence-corrected chi connectivity index (χ0v) is 17.9. The average Bonchev–Trinajstić information content (AvgIpc) is 3.22. The second-order valence-electron chi connectivity index (χ2n) is 7.72. The lowest BCUT2D eigenvalue weighted by molar-refractivity contribution is -0.118. The second kappa shape index (κ2) is 9.04. The van der Waals surface area contributed by atoms with E-state index in [0.29, 0.717) is 36.6 Å². The summed E-state index contributed by atoms with van der Waals surface area (Å²) in [5.41, 5.74) is 5.25. The quantitative estimate of drug-likeness (QED) is 0.609. The van der Waals surface area contributed by atoms with Crippen LogP contribution in [0, 0.1) is 6.92 Å². The van der Waals surface area contributed by atoms with Gasteiger partial charge in [-0.05, 0) is 60.4 Å². The summed E-state index contributed by atoms with van der Waals surface area (Å²) in [5, 5.41) is 2.98. The molecule has 0 radical (unpaired) electrons. The van der Waals surface area contributed by atoms with E-state index >= 15 is 0 Å². The van der Waals surface area contributed by atoms with Crippen LogP contribution in [-0.4, -0.2) is 18.4 Å². The smallest absolute Gasteiger partial charge is 0.255 e. The number of carbonyl (C=O) groups is 2. The van der Waals surface area contributed by atoms with Crippen molar-refractivity contribution >= 4 is 23.2 Å². The third-order valence-corrected chi connectivity index (χ3v) is 5.46. The van der Waals surface area contributed by atoms with Crippen LogP contribution in [-0.2, 0) is 17.8 Å². The monoisotopic (exact) mass is 414 g/mol. The number of fused-ring (bicyclic) bond motifs is 1. The van der Waals surface area contributed by atoms with Crippen LogP contribution in [0.2, 0.25) is 0 Å². The van der Waals surface area contributed by atoms with Crippen LogP contribution in [0.1, 0.15) is 40.4 Å². The number of hydrogen-bond donors (Lipinski definition) is 1. The maximum atomic E-state index is 12.9. The Morgan fingerprint density at radius 1 is 1.03 bits per heavy atom. The van der Waals surface area contributed by atoms with Crippen LogP contribution >= 0.6 is 0 Å². The van der Waals surface area contributed by atoms with E-state index < -0.39 is 0 Å². The standard InChI is InChI=1S/C26H26N2O3/c1-3-25(29)28-14-13-20-16-21(10-12-23(20)28)26(30)27-22-11-9-18(2)15-24(22)31-17-19-7-5-4-6-8-19/h4-12,15-16H,3,13-14,17H2,1-2H3,(H,27,30). The van der Waals surface area contributed by atoms with Crippen molar-refractivity contribution in [2.75, 3.05) is 16.8 Å². The number of amides is 2. The minimum Gasteiger partial charge on any atom is -0.487 e. The molecule has 3 aromatic rings. The van der Waals surface area contributed by atoms with Crippen molar-refractivity contribution in [2.45, 2.75) is 33.3 Å². The molecule has 0 saturated carbocycles. The molecule has 0 fully saturated rings. The van der Waals surface area contributed by atoms with Gasteiger partial charge in [0.2, 0.25) is 5.91 Å². The summed E-state index contributed by atoms with van der Waals surface area (Å²) in [4.78, 5) is 26.8. The fourth-order valence-electron chi connectivity index (χ4n) is 3.77. The molecule has 5 heteroatoms. The number of rotatable bonds is 6. The molecule has 1 N–H and O–H groups in total. The number of nitrogens with one attached hydrogen (secondary N) is 1. The van der Waals surface area contributed by atoms with Gasteiger partial charge in [-0.25, -0.2) is 0 Å². The first kappa shape index (κ1) is 20.7. The predicted molar refractivity (Wildman–Crippen MR) is 123 cm³/mol. The fraction of sp³-hybridized carbons (Fsp3) is 0.231. The minimum absolute atomic E-state index is 0.107. The van der Waals surface area contributed by atoms with E-state index in [0.717, 1.165) is 28.8 Å². The third-order valence-electron chi connectivity index (χ3n) is 5.46. The summed E-state index contributed by atoms with van der Waals surface area (Å²) in [6, 6.07) is 21.2. The lowest BCUT2D eigenvalue weighted by Gasteiger charge is -2.17. The first-order valence-electron chi connectivity index (χ1n) is 10.6. The number of aryl methyl sites for hydroxylation is 1. The maximum absolute atomic E-state index is 12.9. The maximum Gasteiger partial charge on any atom is 0.255 e. The van der Waals surface area contributed by atoms with Crippen LogP contribution in [0.25, 0.3) is 0 Å². The number of benzene rings is 3. The Bertz CT molecular complexity index is 1110. The molecule has 0 aliphatic carbocycles. The average molecular weight is 415 g/mol. The molecule has 0 atom stereocenters. The van der Waals surface area contributed by atoms with Gasteiger partial charge in [-0.2, -0.15) is 0 Å². The van der Waals surface area contributed by atoms with Crippen molar-refractivity contribution in [3.8, 4) is 5.75 Å². The lowest BCUT2D eigenvalue weighted by atomic mass is 10.1. The summed E-state index contributed by atoms with van der Waals surface area (Å²) in [6.07, 6.45) is 1.24. The highest BCUT2D eigenvalue weighted by molar-refractivity contribution is 6.06.